The maximum atomic E-state index is 12.5. The molecule has 1 aromatic heterocycles. The molecule has 1 aromatic rings. The number of carbonyl (C=O) groups is 1. The Hall–Kier alpha value is -0.780. The normalized spacial score (nSPS) is 25.8. The average Bonchev–Trinajstić information content (AvgIpc) is 3.10. The molecule has 4 nitrogen and oxygen atoms in total. The largest absolute Gasteiger partial charge is 0.317 e. The monoisotopic (exact) mass is 279 g/mol. The van der Waals surface area contributed by atoms with Crippen LogP contribution in [-0.2, 0) is 11.2 Å². The maximum absolute atomic E-state index is 12.5. The van der Waals surface area contributed by atoms with Gasteiger partial charge in [0, 0.05) is 23.5 Å². The van der Waals surface area contributed by atoms with Gasteiger partial charge in [-0.15, -0.1) is 11.3 Å². The molecular weight excluding hydrogens is 258 g/mol. The Labute approximate surface area is 118 Å². The number of ketones is 1. The predicted molar refractivity (Wildman–Crippen MR) is 76.4 cm³/mol. The lowest BCUT2D eigenvalue weighted by atomic mass is 10.0. The van der Waals surface area contributed by atoms with Crippen molar-refractivity contribution in [3.8, 4) is 0 Å². The summed E-state index contributed by atoms with van der Waals surface area (Å²) in [4.78, 5) is 20.1. The molecular formula is C14H21N3OS. The zero-order valence-electron chi connectivity index (χ0n) is 11.2. The molecule has 0 aromatic carbocycles. The highest BCUT2D eigenvalue weighted by Crippen LogP contribution is 2.26. The van der Waals surface area contributed by atoms with Crippen molar-refractivity contribution in [2.24, 2.45) is 0 Å². The fourth-order valence-corrected chi connectivity index (χ4v) is 3.93. The minimum Gasteiger partial charge on any atom is -0.317 e. The molecule has 2 aliphatic heterocycles. The van der Waals surface area contributed by atoms with E-state index < -0.39 is 0 Å². The highest BCUT2D eigenvalue weighted by molar-refractivity contribution is 7.09. The highest BCUT2D eigenvalue weighted by atomic mass is 32.1. The van der Waals surface area contributed by atoms with Gasteiger partial charge in [-0.3, -0.25) is 14.7 Å². The third-order valence-corrected chi connectivity index (χ3v) is 5.06. The summed E-state index contributed by atoms with van der Waals surface area (Å²) in [5.41, 5.74) is 1.81. The van der Waals surface area contributed by atoms with E-state index in [0.717, 1.165) is 30.9 Å². The van der Waals surface area contributed by atoms with E-state index in [-0.39, 0.29) is 6.04 Å². The second-order valence-electron chi connectivity index (χ2n) is 5.49. The van der Waals surface area contributed by atoms with Crippen LogP contribution < -0.4 is 5.32 Å². The average molecular weight is 279 g/mol. The summed E-state index contributed by atoms with van der Waals surface area (Å²) < 4.78 is 0. The van der Waals surface area contributed by atoms with E-state index in [2.05, 4.69) is 15.2 Å². The molecule has 2 fully saturated rings. The molecule has 104 valence electrons. The number of hydrogen-bond acceptors (Lipinski definition) is 5. The first-order chi connectivity index (χ1) is 9.34. The Kier molecular flexibility index (Phi) is 4.25. The Morgan fingerprint density at radius 1 is 1.42 bits per heavy atom. The number of piperidine rings is 1. The van der Waals surface area contributed by atoms with Crippen LogP contribution >= 0.6 is 11.3 Å². The quantitative estimate of drug-likeness (QED) is 0.906. The molecule has 0 amide bonds. The van der Waals surface area contributed by atoms with Gasteiger partial charge in [-0.25, -0.2) is 0 Å². The zero-order chi connectivity index (χ0) is 13.1. The molecule has 0 bridgehead atoms. The molecule has 5 heteroatoms. The summed E-state index contributed by atoms with van der Waals surface area (Å²) in [5, 5.41) is 3.40. The van der Waals surface area contributed by atoms with Gasteiger partial charge in [0.05, 0.1) is 11.6 Å². The van der Waals surface area contributed by atoms with Gasteiger partial charge >= 0.3 is 0 Å². The molecule has 0 aliphatic carbocycles. The van der Waals surface area contributed by atoms with E-state index in [1.165, 1.54) is 19.3 Å². The van der Waals surface area contributed by atoms with Gasteiger partial charge in [-0.1, -0.05) is 0 Å². The lowest BCUT2D eigenvalue weighted by molar-refractivity contribution is -0.123. The van der Waals surface area contributed by atoms with Crippen LogP contribution in [0.5, 0.6) is 0 Å². The molecule has 0 saturated carbocycles. The van der Waals surface area contributed by atoms with Gasteiger partial charge in [0.1, 0.15) is 0 Å². The third kappa shape index (κ3) is 3.04. The van der Waals surface area contributed by atoms with Gasteiger partial charge in [0.15, 0.2) is 5.78 Å². The number of Topliss-reactive ketones (excluding diaryl/α,β-unsaturated/α-hetero) is 1. The topological polar surface area (TPSA) is 45.2 Å². The Morgan fingerprint density at radius 2 is 2.26 bits per heavy atom. The van der Waals surface area contributed by atoms with Crippen LogP contribution in [0.3, 0.4) is 0 Å². The zero-order valence-corrected chi connectivity index (χ0v) is 12.0. The summed E-state index contributed by atoms with van der Waals surface area (Å²) in [6, 6.07) is 0.768. The second-order valence-corrected chi connectivity index (χ2v) is 6.46. The van der Waals surface area contributed by atoms with Gasteiger partial charge in [-0.05, 0) is 45.3 Å². The molecule has 0 spiro atoms. The summed E-state index contributed by atoms with van der Waals surface area (Å²) in [5.74, 6) is 0.389. The fraction of sp³-hybridized carbons (Fsp3) is 0.714. The molecule has 2 aliphatic rings. The second kappa shape index (κ2) is 6.11. The minimum atomic E-state index is 0.158. The Balaban J connectivity index is 1.63. The molecule has 3 rings (SSSR count). The summed E-state index contributed by atoms with van der Waals surface area (Å²) >= 11 is 1.59. The van der Waals surface area contributed by atoms with Gasteiger partial charge in [-0.2, -0.15) is 0 Å². The first-order valence-electron chi connectivity index (χ1n) is 7.21. The molecule has 0 radical (unpaired) electrons. The van der Waals surface area contributed by atoms with Crippen LogP contribution in [0.2, 0.25) is 0 Å². The SMILES string of the molecule is O=C(Cc1cncs1)C1CCCN1C1CCNCC1. The molecule has 2 saturated heterocycles. The molecule has 1 atom stereocenters. The van der Waals surface area contributed by atoms with E-state index >= 15 is 0 Å². The molecule has 1 N–H and O–H groups in total. The van der Waals surface area contributed by atoms with E-state index in [4.69, 9.17) is 0 Å². The number of rotatable bonds is 4. The molecule has 1 unspecified atom stereocenters. The fourth-order valence-electron chi connectivity index (χ4n) is 3.33. The summed E-state index contributed by atoms with van der Waals surface area (Å²) in [6.07, 6.45) is 6.97. The number of nitrogens with one attached hydrogen (secondary N) is 1. The highest BCUT2D eigenvalue weighted by Gasteiger charge is 2.35. The van der Waals surface area contributed by atoms with Crippen molar-refractivity contribution >= 4 is 17.1 Å². The van der Waals surface area contributed by atoms with Crippen LogP contribution in [-0.4, -0.2) is 47.4 Å². The molecule has 19 heavy (non-hydrogen) atoms. The summed E-state index contributed by atoms with van der Waals surface area (Å²) in [7, 11) is 0. The van der Waals surface area contributed by atoms with Crippen LogP contribution in [0.4, 0.5) is 0 Å². The van der Waals surface area contributed by atoms with E-state index in [0.29, 0.717) is 18.2 Å². The number of thiazole rings is 1. The van der Waals surface area contributed by atoms with Gasteiger partial charge < -0.3 is 5.32 Å². The van der Waals surface area contributed by atoms with Crippen LogP contribution in [0.1, 0.15) is 30.6 Å². The third-order valence-electron chi connectivity index (χ3n) is 4.28. The lowest BCUT2D eigenvalue weighted by Crippen LogP contribution is -2.48. The predicted octanol–water partition coefficient (Wildman–Crippen LogP) is 1.47. The van der Waals surface area contributed by atoms with E-state index in [9.17, 15) is 4.79 Å². The van der Waals surface area contributed by atoms with Crippen molar-refractivity contribution in [2.75, 3.05) is 19.6 Å². The number of nitrogens with zero attached hydrogens (tertiary/aromatic N) is 2. The standard InChI is InChI=1S/C14H21N3OS/c18-14(8-12-9-16-10-19-12)13-2-1-7-17(13)11-3-5-15-6-4-11/h9-11,13,15H,1-8H2. The molecule has 3 heterocycles. The first kappa shape index (κ1) is 13.2. The number of hydrogen-bond donors (Lipinski definition) is 1. The van der Waals surface area contributed by atoms with Gasteiger partial charge in [0.25, 0.3) is 0 Å². The summed E-state index contributed by atoms with van der Waals surface area (Å²) in [6.45, 7) is 3.29. The Bertz CT molecular complexity index is 414. The minimum absolute atomic E-state index is 0.158. The van der Waals surface area contributed by atoms with Crippen molar-refractivity contribution < 1.29 is 4.79 Å². The van der Waals surface area contributed by atoms with E-state index in [1.54, 1.807) is 11.3 Å². The lowest BCUT2D eigenvalue weighted by Gasteiger charge is -2.35. The van der Waals surface area contributed by atoms with Crippen molar-refractivity contribution in [3.63, 3.8) is 0 Å². The van der Waals surface area contributed by atoms with Gasteiger partial charge in [0.2, 0.25) is 0 Å². The Morgan fingerprint density at radius 3 is 3.00 bits per heavy atom. The number of carbonyl (C=O) groups excluding carboxylic acids is 1. The van der Waals surface area contributed by atoms with Crippen molar-refractivity contribution in [3.05, 3.63) is 16.6 Å². The van der Waals surface area contributed by atoms with Crippen molar-refractivity contribution in [2.45, 2.75) is 44.2 Å². The van der Waals surface area contributed by atoms with Crippen molar-refractivity contribution in [1.82, 2.24) is 15.2 Å². The van der Waals surface area contributed by atoms with Crippen molar-refractivity contribution in [1.29, 1.82) is 0 Å². The maximum Gasteiger partial charge on any atom is 0.155 e. The van der Waals surface area contributed by atoms with Crippen LogP contribution in [0.25, 0.3) is 0 Å². The van der Waals surface area contributed by atoms with Crippen LogP contribution in [0, 0.1) is 0 Å². The first-order valence-corrected chi connectivity index (χ1v) is 8.09. The van der Waals surface area contributed by atoms with Crippen LogP contribution in [0.15, 0.2) is 11.7 Å². The van der Waals surface area contributed by atoms with E-state index in [1.807, 2.05) is 11.7 Å². The smallest absolute Gasteiger partial charge is 0.155 e. The number of likely N-dealkylation sites (tertiary alicyclic amines) is 1. The number of aromatic nitrogens is 1.